The fourth-order valence-corrected chi connectivity index (χ4v) is 3.07. The molecule has 1 aromatic rings. The van der Waals surface area contributed by atoms with Crippen molar-refractivity contribution in [1.82, 2.24) is 0 Å². The molecule has 0 bridgehead atoms. The lowest BCUT2D eigenvalue weighted by molar-refractivity contribution is 0.137. The Morgan fingerprint density at radius 1 is 1.05 bits per heavy atom. The Labute approximate surface area is 129 Å². The van der Waals surface area contributed by atoms with Gasteiger partial charge in [0.1, 0.15) is 0 Å². The quantitative estimate of drug-likeness (QED) is 0.877. The highest BCUT2D eigenvalue weighted by molar-refractivity contribution is 7.92. The molecule has 0 aliphatic rings. The first kappa shape index (κ1) is 18.2. The number of hydrogen-bond donors (Lipinski definition) is 1. The highest BCUT2D eigenvalue weighted by atomic mass is 32.2. The Bertz CT molecular complexity index is 575. The van der Waals surface area contributed by atoms with E-state index in [2.05, 4.69) is 19.1 Å². The second kappa shape index (κ2) is 6.49. The van der Waals surface area contributed by atoms with Gasteiger partial charge < -0.3 is 5.11 Å². The minimum atomic E-state index is -3.37. The molecule has 0 saturated heterocycles. The van der Waals surface area contributed by atoms with Gasteiger partial charge in [-0.05, 0) is 55.4 Å². The largest absolute Gasteiger partial charge is 0.387 e. The molecule has 1 rings (SSSR count). The van der Waals surface area contributed by atoms with E-state index in [9.17, 15) is 13.5 Å². The van der Waals surface area contributed by atoms with Crippen molar-refractivity contribution in [2.24, 2.45) is 0 Å². The average molecular weight is 312 g/mol. The number of benzene rings is 1. The van der Waals surface area contributed by atoms with Crippen molar-refractivity contribution in [1.29, 1.82) is 0 Å². The second-order valence-electron chi connectivity index (χ2n) is 6.17. The third-order valence-electron chi connectivity index (χ3n) is 4.47. The number of sulfone groups is 1. The number of aryl methyl sites for hydroxylation is 3. The molecular weight excluding hydrogens is 284 g/mol. The zero-order valence-corrected chi connectivity index (χ0v) is 14.8. The first-order chi connectivity index (χ1) is 9.60. The van der Waals surface area contributed by atoms with Crippen LogP contribution >= 0.6 is 0 Å². The predicted octanol–water partition coefficient (Wildman–Crippen LogP) is 3.23. The molecule has 0 radical (unpaired) electrons. The van der Waals surface area contributed by atoms with Gasteiger partial charge in [0.05, 0.1) is 10.9 Å². The van der Waals surface area contributed by atoms with Crippen LogP contribution in [0.3, 0.4) is 0 Å². The summed E-state index contributed by atoms with van der Waals surface area (Å²) >= 11 is 0. The molecular formula is C17H28O3S. The van der Waals surface area contributed by atoms with E-state index in [1.165, 1.54) is 11.8 Å². The van der Waals surface area contributed by atoms with E-state index in [1.54, 1.807) is 13.8 Å². The fourth-order valence-electron chi connectivity index (χ4n) is 2.54. The minimum Gasteiger partial charge on any atom is -0.387 e. The summed E-state index contributed by atoms with van der Waals surface area (Å²) in [4.78, 5) is 0. The summed E-state index contributed by atoms with van der Waals surface area (Å²) in [5.74, 6) is 0. The van der Waals surface area contributed by atoms with E-state index >= 15 is 0 Å². The van der Waals surface area contributed by atoms with Crippen LogP contribution in [0.25, 0.3) is 0 Å². The highest BCUT2D eigenvalue weighted by Crippen LogP contribution is 2.36. The normalized spacial score (nSPS) is 14.2. The molecule has 0 spiro atoms. The number of hydrogen-bond acceptors (Lipinski definition) is 3. The summed E-state index contributed by atoms with van der Waals surface area (Å²) in [6, 6.07) is 4.19. The van der Waals surface area contributed by atoms with Crippen LogP contribution in [0.2, 0.25) is 0 Å². The van der Waals surface area contributed by atoms with Crippen LogP contribution in [-0.2, 0) is 29.1 Å². The summed E-state index contributed by atoms with van der Waals surface area (Å²) in [5, 5.41) is 10.8. The molecule has 0 amide bonds. The van der Waals surface area contributed by atoms with E-state index in [0.29, 0.717) is 0 Å². The minimum absolute atomic E-state index is 0.785. The Kier molecular flexibility index (Phi) is 5.62. The van der Waals surface area contributed by atoms with Gasteiger partial charge in [0, 0.05) is 6.26 Å². The maximum Gasteiger partial charge on any atom is 0.155 e. The SMILES string of the molecule is CCc1cc(CC)c(C(O)C(C)(C)S(C)(=O)=O)c(CC)c1. The van der Waals surface area contributed by atoms with Crippen LogP contribution in [0.1, 0.15) is 63.0 Å². The monoisotopic (exact) mass is 312 g/mol. The van der Waals surface area contributed by atoms with Gasteiger partial charge in [-0.3, -0.25) is 0 Å². The summed E-state index contributed by atoms with van der Waals surface area (Å²) in [7, 11) is -3.37. The Hall–Kier alpha value is -0.870. The van der Waals surface area contributed by atoms with Crippen molar-refractivity contribution in [3.05, 3.63) is 34.4 Å². The summed E-state index contributed by atoms with van der Waals surface area (Å²) in [6.07, 6.45) is 2.68. The van der Waals surface area contributed by atoms with Gasteiger partial charge >= 0.3 is 0 Å². The third-order valence-corrected chi connectivity index (χ3v) is 6.60. The van der Waals surface area contributed by atoms with E-state index in [-0.39, 0.29) is 0 Å². The van der Waals surface area contributed by atoms with E-state index in [0.717, 1.165) is 36.0 Å². The van der Waals surface area contributed by atoms with Crippen molar-refractivity contribution in [2.45, 2.75) is 64.7 Å². The number of aliphatic hydroxyl groups excluding tert-OH is 1. The molecule has 0 heterocycles. The van der Waals surface area contributed by atoms with Crippen LogP contribution in [0.15, 0.2) is 12.1 Å². The van der Waals surface area contributed by atoms with Gasteiger partial charge in [-0.15, -0.1) is 0 Å². The topological polar surface area (TPSA) is 54.4 Å². The van der Waals surface area contributed by atoms with Crippen LogP contribution in [0, 0.1) is 0 Å². The summed E-state index contributed by atoms with van der Waals surface area (Å²) in [5.41, 5.74) is 4.13. The lowest BCUT2D eigenvalue weighted by Gasteiger charge is -2.32. The van der Waals surface area contributed by atoms with Crippen LogP contribution < -0.4 is 0 Å². The Morgan fingerprint density at radius 2 is 1.48 bits per heavy atom. The molecule has 0 fully saturated rings. The highest BCUT2D eigenvalue weighted by Gasteiger charge is 2.40. The molecule has 1 N–H and O–H groups in total. The molecule has 0 aliphatic heterocycles. The van der Waals surface area contributed by atoms with Gasteiger partial charge in [-0.25, -0.2) is 8.42 Å². The lowest BCUT2D eigenvalue weighted by atomic mass is 9.86. The molecule has 1 unspecified atom stereocenters. The van der Waals surface area contributed by atoms with Gasteiger partial charge in [-0.2, -0.15) is 0 Å². The average Bonchev–Trinajstić information content (AvgIpc) is 2.43. The Balaban J connectivity index is 3.55. The molecule has 0 saturated carbocycles. The fraction of sp³-hybridized carbons (Fsp3) is 0.647. The lowest BCUT2D eigenvalue weighted by Crippen LogP contribution is -2.38. The van der Waals surface area contributed by atoms with Gasteiger partial charge in [0.15, 0.2) is 9.84 Å². The van der Waals surface area contributed by atoms with Crippen molar-refractivity contribution >= 4 is 9.84 Å². The molecule has 0 aromatic heterocycles. The number of rotatable bonds is 6. The van der Waals surface area contributed by atoms with Crippen molar-refractivity contribution in [2.75, 3.05) is 6.26 Å². The zero-order valence-electron chi connectivity index (χ0n) is 14.0. The molecule has 21 heavy (non-hydrogen) atoms. The zero-order chi connectivity index (χ0) is 16.4. The molecule has 4 heteroatoms. The second-order valence-corrected chi connectivity index (χ2v) is 8.76. The molecule has 1 aromatic carbocycles. The van der Waals surface area contributed by atoms with Crippen molar-refractivity contribution in [3.8, 4) is 0 Å². The predicted molar refractivity (Wildman–Crippen MR) is 88.5 cm³/mol. The van der Waals surface area contributed by atoms with Crippen molar-refractivity contribution < 1.29 is 13.5 Å². The maximum atomic E-state index is 12.0. The molecule has 3 nitrogen and oxygen atoms in total. The maximum absolute atomic E-state index is 12.0. The van der Waals surface area contributed by atoms with Crippen molar-refractivity contribution in [3.63, 3.8) is 0 Å². The smallest absolute Gasteiger partial charge is 0.155 e. The molecule has 1 atom stereocenters. The number of aliphatic hydroxyl groups is 1. The van der Waals surface area contributed by atoms with Gasteiger partial charge in [0.25, 0.3) is 0 Å². The van der Waals surface area contributed by atoms with E-state index < -0.39 is 20.7 Å². The first-order valence-corrected chi connectivity index (χ1v) is 9.51. The van der Waals surface area contributed by atoms with E-state index in [1.807, 2.05) is 13.8 Å². The van der Waals surface area contributed by atoms with Gasteiger partial charge in [0.2, 0.25) is 0 Å². The standard InChI is InChI=1S/C17H28O3S/c1-7-12-10-13(8-2)15(14(9-3)11-12)16(18)17(4,5)21(6,19)20/h10-11,16,18H,7-9H2,1-6H3. The molecule has 0 aliphatic carbocycles. The third kappa shape index (κ3) is 3.49. The molecule has 120 valence electrons. The van der Waals surface area contributed by atoms with Crippen LogP contribution in [0.5, 0.6) is 0 Å². The summed E-state index contributed by atoms with van der Waals surface area (Å²) in [6.45, 7) is 9.37. The van der Waals surface area contributed by atoms with Crippen LogP contribution in [-0.4, -0.2) is 24.5 Å². The summed E-state index contributed by atoms with van der Waals surface area (Å²) < 4.78 is 22.9. The van der Waals surface area contributed by atoms with Gasteiger partial charge in [-0.1, -0.05) is 32.9 Å². The first-order valence-electron chi connectivity index (χ1n) is 7.62. The van der Waals surface area contributed by atoms with Crippen LogP contribution in [0.4, 0.5) is 0 Å². The van der Waals surface area contributed by atoms with E-state index in [4.69, 9.17) is 0 Å². The Morgan fingerprint density at radius 3 is 1.76 bits per heavy atom.